The van der Waals surface area contributed by atoms with Gasteiger partial charge in [0.2, 0.25) is 5.91 Å². The number of anilines is 1. The van der Waals surface area contributed by atoms with Gasteiger partial charge in [-0.2, -0.15) is 0 Å². The van der Waals surface area contributed by atoms with Crippen LogP contribution in [0.1, 0.15) is 38.5 Å². The van der Waals surface area contributed by atoms with E-state index in [0.717, 1.165) is 25.7 Å². The quantitative estimate of drug-likeness (QED) is 0.770. The molecule has 7 heteroatoms. The van der Waals surface area contributed by atoms with Gasteiger partial charge in [-0.25, -0.2) is 0 Å². The van der Waals surface area contributed by atoms with Crippen molar-refractivity contribution in [1.29, 1.82) is 0 Å². The summed E-state index contributed by atoms with van der Waals surface area (Å²) in [7, 11) is 1.56. The summed E-state index contributed by atoms with van der Waals surface area (Å²) in [5.74, 6) is -0.842. The molecule has 7 nitrogen and oxygen atoms in total. The largest absolute Gasteiger partial charge is 0.497 e. The van der Waals surface area contributed by atoms with E-state index in [1.165, 1.54) is 6.42 Å². The lowest BCUT2D eigenvalue weighted by atomic mass is 9.95. The van der Waals surface area contributed by atoms with E-state index in [-0.39, 0.29) is 37.4 Å². The SMILES string of the molecule is COc1cccc(N2CC(C(=O)OCC(=O)NC3CCCCC3)CC2=O)c1. The maximum atomic E-state index is 12.3. The second-order valence-corrected chi connectivity index (χ2v) is 7.12. The van der Waals surface area contributed by atoms with Crippen LogP contribution in [-0.4, -0.2) is 44.1 Å². The average molecular weight is 374 g/mol. The second kappa shape index (κ2) is 8.88. The van der Waals surface area contributed by atoms with Crippen molar-refractivity contribution in [2.24, 2.45) is 5.92 Å². The fourth-order valence-corrected chi connectivity index (χ4v) is 3.66. The van der Waals surface area contributed by atoms with E-state index in [2.05, 4.69) is 5.32 Å². The maximum Gasteiger partial charge on any atom is 0.311 e. The minimum Gasteiger partial charge on any atom is -0.497 e. The third-order valence-corrected chi connectivity index (χ3v) is 5.14. The van der Waals surface area contributed by atoms with Crippen molar-refractivity contribution in [3.8, 4) is 5.75 Å². The number of carbonyl (C=O) groups excluding carboxylic acids is 3. The van der Waals surface area contributed by atoms with E-state index in [9.17, 15) is 14.4 Å². The molecule has 1 atom stereocenters. The molecule has 0 aromatic heterocycles. The van der Waals surface area contributed by atoms with Gasteiger partial charge >= 0.3 is 5.97 Å². The first-order valence-electron chi connectivity index (χ1n) is 9.47. The highest BCUT2D eigenvalue weighted by atomic mass is 16.5. The zero-order valence-electron chi connectivity index (χ0n) is 15.6. The standard InChI is InChI=1S/C20H26N2O5/c1-26-17-9-5-8-16(11-17)22-12-14(10-19(22)24)20(25)27-13-18(23)21-15-6-3-2-4-7-15/h5,8-9,11,14-15H,2-4,6-7,10,12-13H2,1H3,(H,21,23). The Morgan fingerprint density at radius 3 is 2.74 bits per heavy atom. The number of amides is 2. The van der Waals surface area contributed by atoms with E-state index in [4.69, 9.17) is 9.47 Å². The van der Waals surface area contributed by atoms with Crippen molar-refractivity contribution in [3.05, 3.63) is 24.3 Å². The Balaban J connectivity index is 1.49. The molecule has 1 aliphatic carbocycles. The number of hydrogen-bond acceptors (Lipinski definition) is 5. The summed E-state index contributed by atoms with van der Waals surface area (Å²) in [6, 6.07) is 7.32. The van der Waals surface area contributed by atoms with Crippen LogP contribution in [0.5, 0.6) is 5.75 Å². The molecular formula is C20H26N2O5. The Labute approximate surface area is 159 Å². The van der Waals surface area contributed by atoms with Crippen LogP contribution in [-0.2, 0) is 19.1 Å². The third-order valence-electron chi connectivity index (χ3n) is 5.14. The predicted molar refractivity (Wildman–Crippen MR) is 99.4 cm³/mol. The monoisotopic (exact) mass is 374 g/mol. The minimum atomic E-state index is -0.564. The summed E-state index contributed by atoms with van der Waals surface area (Å²) in [6.07, 6.45) is 5.49. The molecule has 0 radical (unpaired) electrons. The van der Waals surface area contributed by atoms with Crippen molar-refractivity contribution >= 4 is 23.5 Å². The number of hydrogen-bond donors (Lipinski definition) is 1. The van der Waals surface area contributed by atoms with E-state index in [0.29, 0.717) is 11.4 Å². The summed E-state index contributed by atoms with van der Waals surface area (Å²) >= 11 is 0. The zero-order chi connectivity index (χ0) is 19.2. The van der Waals surface area contributed by atoms with Crippen LogP contribution in [0.25, 0.3) is 0 Å². The molecule has 2 aliphatic rings. The molecule has 2 amide bonds. The van der Waals surface area contributed by atoms with Crippen LogP contribution in [0.4, 0.5) is 5.69 Å². The number of esters is 1. The van der Waals surface area contributed by atoms with Crippen molar-refractivity contribution in [2.45, 2.75) is 44.6 Å². The van der Waals surface area contributed by atoms with Gasteiger partial charge in [-0.05, 0) is 25.0 Å². The number of benzene rings is 1. The molecule has 1 aliphatic heterocycles. The van der Waals surface area contributed by atoms with Gasteiger partial charge in [-0.15, -0.1) is 0 Å². The molecule has 1 unspecified atom stereocenters. The third kappa shape index (κ3) is 4.99. The highest BCUT2D eigenvalue weighted by Gasteiger charge is 2.36. The molecule has 1 aromatic carbocycles. The van der Waals surface area contributed by atoms with Crippen molar-refractivity contribution in [1.82, 2.24) is 5.32 Å². The van der Waals surface area contributed by atoms with Crippen molar-refractivity contribution in [2.75, 3.05) is 25.2 Å². The normalized spacial score (nSPS) is 20.4. The van der Waals surface area contributed by atoms with Crippen LogP contribution < -0.4 is 15.0 Å². The summed E-state index contributed by atoms with van der Waals surface area (Å²) in [6.45, 7) is -0.0474. The first-order chi connectivity index (χ1) is 13.1. The van der Waals surface area contributed by atoms with Crippen LogP contribution in [0.2, 0.25) is 0 Å². The predicted octanol–water partition coefficient (Wildman–Crippen LogP) is 2.04. The molecule has 1 heterocycles. The molecule has 1 aromatic rings. The molecular weight excluding hydrogens is 348 g/mol. The van der Waals surface area contributed by atoms with Crippen LogP contribution in [0.3, 0.4) is 0 Å². The highest BCUT2D eigenvalue weighted by molar-refractivity contribution is 5.99. The first kappa shape index (κ1) is 19.2. The molecule has 27 heavy (non-hydrogen) atoms. The van der Waals surface area contributed by atoms with Gasteiger partial charge in [-0.1, -0.05) is 25.3 Å². The molecule has 2 fully saturated rings. The van der Waals surface area contributed by atoms with Gasteiger partial charge in [0.05, 0.1) is 13.0 Å². The van der Waals surface area contributed by atoms with Crippen LogP contribution in [0.15, 0.2) is 24.3 Å². The van der Waals surface area contributed by atoms with E-state index < -0.39 is 11.9 Å². The van der Waals surface area contributed by atoms with Crippen LogP contribution in [0, 0.1) is 5.92 Å². The Morgan fingerprint density at radius 2 is 2.00 bits per heavy atom. The maximum absolute atomic E-state index is 12.3. The van der Waals surface area contributed by atoms with Gasteiger partial charge < -0.3 is 19.7 Å². The second-order valence-electron chi connectivity index (χ2n) is 7.12. The van der Waals surface area contributed by atoms with E-state index in [1.807, 2.05) is 0 Å². The summed E-state index contributed by atoms with van der Waals surface area (Å²) in [4.78, 5) is 38.1. The van der Waals surface area contributed by atoms with Gasteiger partial charge in [-0.3, -0.25) is 14.4 Å². The molecule has 0 bridgehead atoms. The molecule has 1 saturated heterocycles. The summed E-state index contributed by atoms with van der Waals surface area (Å²) in [5.41, 5.74) is 0.685. The average Bonchev–Trinajstić information content (AvgIpc) is 3.09. The van der Waals surface area contributed by atoms with Gasteiger partial charge in [0, 0.05) is 30.8 Å². The fourth-order valence-electron chi connectivity index (χ4n) is 3.66. The first-order valence-corrected chi connectivity index (χ1v) is 9.47. The van der Waals surface area contributed by atoms with Gasteiger partial charge in [0.15, 0.2) is 6.61 Å². The van der Waals surface area contributed by atoms with Gasteiger partial charge in [0.1, 0.15) is 5.75 Å². The Hall–Kier alpha value is -2.57. The Kier molecular flexibility index (Phi) is 6.32. The van der Waals surface area contributed by atoms with Gasteiger partial charge in [0.25, 0.3) is 5.91 Å². The van der Waals surface area contributed by atoms with E-state index >= 15 is 0 Å². The Morgan fingerprint density at radius 1 is 1.22 bits per heavy atom. The minimum absolute atomic E-state index is 0.0836. The molecule has 3 rings (SSSR count). The van der Waals surface area contributed by atoms with Crippen LogP contribution >= 0.6 is 0 Å². The lowest BCUT2D eigenvalue weighted by Gasteiger charge is -2.22. The molecule has 146 valence electrons. The number of rotatable bonds is 6. The fraction of sp³-hybridized carbons (Fsp3) is 0.550. The number of carbonyl (C=O) groups is 3. The number of nitrogens with one attached hydrogen (secondary N) is 1. The number of nitrogens with zero attached hydrogens (tertiary/aromatic N) is 1. The zero-order valence-corrected chi connectivity index (χ0v) is 15.6. The Bertz CT molecular complexity index is 699. The number of ether oxygens (including phenoxy) is 2. The lowest BCUT2D eigenvalue weighted by Crippen LogP contribution is -2.39. The summed E-state index contributed by atoms with van der Waals surface area (Å²) < 4.78 is 10.3. The molecule has 1 saturated carbocycles. The molecule has 1 N–H and O–H groups in total. The highest BCUT2D eigenvalue weighted by Crippen LogP contribution is 2.28. The molecule has 0 spiro atoms. The smallest absolute Gasteiger partial charge is 0.311 e. The van der Waals surface area contributed by atoms with Crippen molar-refractivity contribution in [3.63, 3.8) is 0 Å². The summed E-state index contributed by atoms with van der Waals surface area (Å²) in [5, 5.41) is 2.91. The lowest BCUT2D eigenvalue weighted by molar-refractivity contribution is -0.152. The van der Waals surface area contributed by atoms with E-state index in [1.54, 1.807) is 36.3 Å². The van der Waals surface area contributed by atoms with Crippen molar-refractivity contribution < 1.29 is 23.9 Å². The topological polar surface area (TPSA) is 84.9 Å². The number of methoxy groups -OCH3 is 1.